The van der Waals surface area contributed by atoms with Crippen LogP contribution in [0.4, 0.5) is 8.78 Å². The van der Waals surface area contributed by atoms with Crippen LogP contribution in [0.5, 0.6) is 0 Å². The Morgan fingerprint density at radius 1 is 1.33 bits per heavy atom. The number of hydrogen-bond donors (Lipinski definition) is 0. The molecule has 12 heavy (non-hydrogen) atoms. The largest absolute Gasteiger partial charge is 0.460 e. The molecule has 1 heterocycles. The third-order valence-corrected chi connectivity index (χ3v) is 1.79. The molecule has 1 aromatic heterocycles. The van der Waals surface area contributed by atoms with Crippen molar-refractivity contribution in [3.8, 4) is 0 Å². The summed E-state index contributed by atoms with van der Waals surface area (Å²) in [5.41, 5.74) is 0. The van der Waals surface area contributed by atoms with Gasteiger partial charge in [0.05, 0.1) is 0 Å². The maximum Gasteiger partial charge on any atom is 0.306 e. The highest BCUT2D eigenvalue weighted by atomic mass is 19.3. The molecule has 0 fully saturated rings. The number of aryl methyl sites for hydroxylation is 1. The molecule has 0 spiro atoms. The number of furan rings is 1. The van der Waals surface area contributed by atoms with Crippen molar-refractivity contribution in [3.05, 3.63) is 23.7 Å². The summed E-state index contributed by atoms with van der Waals surface area (Å²) in [6.45, 7) is 4.59. The van der Waals surface area contributed by atoms with E-state index in [-0.39, 0.29) is 5.76 Å². The van der Waals surface area contributed by atoms with E-state index in [1.165, 1.54) is 19.9 Å². The Morgan fingerprint density at radius 2 is 1.92 bits per heavy atom. The molecule has 0 aliphatic rings. The van der Waals surface area contributed by atoms with Crippen LogP contribution in [0.2, 0.25) is 0 Å². The summed E-state index contributed by atoms with van der Waals surface area (Å²) in [6, 6.07) is 2.88. The Kier molecular flexibility index (Phi) is 2.22. The fraction of sp³-hybridized carbons (Fsp3) is 0.556. The van der Waals surface area contributed by atoms with Gasteiger partial charge in [0.15, 0.2) is 5.76 Å². The Labute approximate surface area is 70.4 Å². The van der Waals surface area contributed by atoms with Gasteiger partial charge in [-0.15, -0.1) is 0 Å². The maximum atomic E-state index is 13.2. The molecule has 0 amide bonds. The lowest BCUT2D eigenvalue weighted by molar-refractivity contribution is -0.0704. The smallest absolute Gasteiger partial charge is 0.306 e. The van der Waals surface area contributed by atoms with Crippen molar-refractivity contribution in [2.45, 2.75) is 26.7 Å². The van der Waals surface area contributed by atoms with Gasteiger partial charge in [0, 0.05) is 5.92 Å². The second kappa shape index (κ2) is 2.88. The van der Waals surface area contributed by atoms with Crippen LogP contribution < -0.4 is 0 Å². The van der Waals surface area contributed by atoms with Crippen molar-refractivity contribution in [2.24, 2.45) is 5.92 Å². The number of rotatable bonds is 2. The molecule has 3 heteroatoms. The minimum atomic E-state index is -2.85. The minimum Gasteiger partial charge on any atom is -0.460 e. The zero-order valence-electron chi connectivity index (χ0n) is 7.40. The van der Waals surface area contributed by atoms with Gasteiger partial charge in [0.25, 0.3) is 0 Å². The summed E-state index contributed by atoms with van der Waals surface area (Å²) in [6.07, 6.45) is 0. The van der Waals surface area contributed by atoms with Crippen molar-refractivity contribution in [1.29, 1.82) is 0 Å². The zero-order valence-corrected chi connectivity index (χ0v) is 7.40. The summed E-state index contributed by atoms with van der Waals surface area (Å²) in [7, 11) is 0. The average molecular weight is 174 g/mol. The van der Waals surface area contributed by atoms with E-state index < -0.39 is 11.8 Å². The lowest BCUT2D eigenvalue weighted by Crippen LogP contribution is -2.19. The molecule has 0 N–H and O–H groups in total. The highest BCUT2D eigenvalue weighted by Crippen LogP contribution is 2.36. The number of halogens is 2. The van der Waals surface area contributed by atoms with Crippen molar-refractivity contribution in [1.82, 2.24) is 0 Å². The van der Waals surface area contributed by atoms with E-state index in [0.29, 0.717) is 5.76 Å². The van der Waals surface area contributed by atoms with Crippen LogP contribution in [0.25, 0.3) is 0 Å². The summed E-state index contributed by atoms with van der Waals surface area (Å²) >= 11 is 0. The topological polar surface area (TPSA) is 13.1 Å². The molecule has 0 aliphatic carbocycles. The van der Waals surface area contributed by atoms with Crippen LogP contribution in [0.3, 0.4) is 0 Å². The minimum absolute atomic E-state index is 0.241. The van der Waals surface area contributed by atoms with E-state index in [0.717, 1.165) is 0 Å². The highest BCUT2D eigenvalue weighted by molar-refractivity contribution is 5.11. The van der Waals surface area contributed by atoms with E-state index in [4.69, 9.17) is 4.42 Å². The summed E-state index contributed by atoms with van der Waals surface area (Å²) in [5, 5.41) is 0. The van der Waals surface area contributed by atoms with Crippen molar-refractivity contribution >= 4 is 0 Å². The average Bonchev–Trinajstić information content (AvgIpc) is 2.35. The number of alkyl halides is 2. The molecular weight excluding hydrogens is 162 g/mol. The van der Waals surface area contributed by atoms with Crippen LogP contribution in [0, 0.1) is 12.8 Å². The molecule has 1 nitrogen and oxygen atoms in total. The van der Waals surface area contributed by atoms with E-state index in [2.05, 4.69) is 0 Å². The lowest BCUT2D eigenvalue weighted by atomic mass is 10.0. The Balaban J connectivity index is 2.97. The lowest BCUT2D eigenvalue weighted by Gasteiger charge is -2.17. The van der Waals surface area contributed by atoms with E-state index in [1.54, 1.807) is 13.0 Å². The summed E-state index contributed by atoms with van der Waals surface area (Å²) in [4.78, 5) is 0. The molecule has 68 valence electrons. The molecule has 0 aliphatic heterocycles. The third kappa shape index (κ3) is 1.49. The van der Waals surface area contributed by atoms with Gasteiger partial charge in [-0.25, -0.2) is 0 Å². The van der Waals surface area contributed by atoms with E-state index in [9.17, 15) is 8.78 Å². The van der Waals surface area contributed by atoms with Crippen LogP contribution in [-0.2, 0) is 5.92 Å². The monoisotopic (exact) mass is 174 g/mol. The highest BCUT2D eigenvalue weighted by Gasteiger charge is 2.38. The maximum absolute atomic E-state index is 13.2. The van der Waals surface area contributed by atoms with Crippen molar-refractivity contribution < 1.29 is 13.2 Å². The van der Waals surface area contributed by atoms with Crippen LogP contribution in [0.15, 0.2) is 16.5 Å². The Morgan fingerprint density at radius 3 is 2.25 bits per heavy atom. The Bertz CT molecular complexity index is 263. The predicted octanol–water partition coefficient (Wildman–Crippen LogP) is 3.34. The van der Waals surface area contributed by atoms with Gasteiger partial charge in [-0.1, -0.05) is 13.8 Å². The summed E-state index contributed by atoms with van der Waals surface area (Å²) in [5.74, 6) is -3.31. The first-order chi connectivity index (χ1) is 5.44. The normalized spacial score (nSPS) is 12.5. The van der Waals surface area contributed by atoms with Gasteiger partial charge < -0.3 is 4.42 Å². The first-order valence-corrected chi connectivity index (χ1v) is 3.89. The van der Waals surface area contributed by atoms with Crippen molar-refractivity contribution in [3.63, 3.8) is 0 Å². The fourth-order valence-corrected chi connectivity index (χ4v) is 0.898. The van der Waals surface area contributed by atoms with Crippen LogP contribution in [0.1, 0.15) is 25.4 Å². The molecule has 1 rings (SSSR count). The standard InChI is InChI=1S/C9H12F2O/c1-6(2)9(10,11)8-5-4-7(3)12-8/h4-6H,1-3H3. The third-order valence-electron chi connectivity index (χ3n) is 1.79. The van der Waals surface area contributed by atoms with Crippen molar-refractivity contribution in [2.75, 3.05) is 0 Å². The molecule has 0 unspecified atom stereocenters. The van der Waals surface area contributed by atoms with Gasteiger partial charge >= 0.3 is 5.92 Å². The zero-order chi connectivity index (χ0) is 9.35. The van der Waals surface area contributed by atoms with Crippen LogP contribution in [-0.4, -0.2) is 0 Å². The van der Waals surface area contributed by atoms with Gasteiger partial charge in [0.2, 0.25) is 0 Å². The van der Waals surface area contributed by atoms with E-state index >= 15 is 0 Å². The van der Waals surface area contributed by atoms with E-state index in [1.807, 2.05) is 0 Å². The number of hydrogen-bond acceptors (Lipinski definition) is 1. The van der Waals surface area contributed by atoms with Gasteiger partial charge in [-0.05, 0) is 19.1 Å². The van der Waals surface area contributed by atoms with Crippen LogP contribution >= 0.6 is 0 Å². The molecule has 0 aromatic carbocycles. The SMILES string of the molecule is Cc1ccc(C(F)(F)C(C)C)o1. The quantitative estimate of drug-likeness (QED) is 0.670. The van der Waals surface area contributed by atoms with Gasteiger partial charge in [-0.3, -0.25) is 0 Å². The first-order valence-electron chi connectivity index (χ1n) is 3.89. The van der Waals surface area contributed by atoms with Gasteiger partial charge in [-0.2, -0.15) is 8.78 Å². The summed E-state index contributed by atoms with van der Waals surface area (Å²) < 4.78 is 31.3. The molecule has 0 saturated carbocycles. The molecule has 1 aromatic rings. The first kappa shape index (κ1) is 9.23. The fourth-order valence-electron chi connectivity index (χ4n) is 0.898. The van der Waals surface area contributed by atoms with Gasteiger partial charge in [0.1, 0.15) is 5.76 Å². The molecular formula is C9H12F2O. The second-order valence-electron chi connectivity index (χ2n) is 3.19. The Hall–Kier alpha value is -0.860. The predicted molar refractivity (Wildman–Crippen MR) is 42.2 cm³/mol. The second-order valence-corrected chi connectivity index (χ2v) is 3.19. The molecule has 0 bridgehead atoms. The molecule has 0 atom stereocenters. The molecule has 0 saturated heterocycles. The molecule has 0 radical (unpaired) electrons.